The van der Waals surface area contributed by atoms with Crippen molar-refractivity contribution in [3.8, 4) is 0 Å². The highest BCUT2D eigenvalue weighted by atomic mass is 79.9. The summed E-state index contributed by atoms with van der Waals surface area (Å²) in [4.78, 5) is 2.06. The first kappa shape index (κ1) is 15.2. The van der Waals surface area contributed by atoms with Gasteiger partial charge in [0.15, 0.2) is 0 Å². The van der Waals surface area contributed by atoms with Gasteiger partial charge < -0.3 is 4.74 Å². The average molecular weight is 334 g/mol. The lowest BCUT2D eigenvalue weighted by atomic mass is 10.0. The van der Waals surface area contributed by atoms with E-state index in [9.17, 15) is 0 Å². The largest absolute Gasteiger partial charge is 0.351 e. The van der Waals surface area contributed by atoms with Gasteiger partial charge in [-0.1, -0.05) is 58.4 Å². The molecule has 20 heavy (non-hydrogen) atoms. The van der Waals surface area contributed by atoms with Crippen LogP contribution in [0.5, 0.6) is 0 Å². The van der Waals surface area contributed by atoms with Gasteiger partial charge in [-0.3, -0.25) is 4.90 Å². The third-order valence-electron chi connectivity index (χ3n) is 3.34. The second kappa shape index (κ2) is 7.02. The van der Waals surface area contributed by atoms with Crippen LogP contribution in [-0.4, -0.2) is 25.2 Å². The molecule has 0 aliphatic carbocycles. The van der Waals surface area contributed by atoms with E-state index in [-0.39, 0.29) is 12.3 Å². The molecule has 0 aliphatic rings. The first-order valence-electron chi connectivity index (χ1n) is 6.70. The summed E-state index contributed by atoms with van der Waals surface area (Å²) >= 11 is 3.48. The van der Waals surface area contributed by atoms with E-state index in [0.29, 0.717) is 0 Å². The maximum atomic E-state index is 6.23. The number of benzene rings is 2. The fourth-order valence-corrected chi connectivity index (χ4v) is 2.20. The molecule has 0 fully saturated rings. The summed E-state index contributed by atoms with van der Waals surface area (Å²) in [6.45, 7) is 2.06. The Kier molecular flexibility index (Phi) is 5.35. The monoisotopic (exact) mass is 333 g/mol. The van der Waals surface area contributed by atoms with Gasteiger partial charge in [-0.2, -0.15) is 0 Å². The summed E-state index contributed by atoms with van der Waals surface area (Å²) in [5.41, 5.74) is 2.33. The van der Waals surface area contributed by atoms with Crippen molar-refractivity contribution < 1.29 is 4.74 Å². The van der Waals surface area contributed by atoms with Gasteiger partial charge in [0, 0.05) is 4.47 Å². The molecule has 0 N–H and O–H groups in total. The van der Waals surface area contributed by atoms with E-state index in [1.54, 1.807) is 0 Å². The van der Waals surface area contributed by atoms with Crippen LogP contribution < -0.4 is 0 Å². The Bertz CT molecular complexity index is 524. The third kappa shape index (κ3) is 3.92. The van der Waals surface area contributed by atoms with Gasteiger partial charge >= 0.3 is 0 Å². The van der Waals surface area contributed by atoms with Gasteiger partial charge in [-0.25, -0.2) is 0 Å². The first-order valence-corrected chi connectivity index (χ1v) is 7.49. The topological polar surface area (TPSA) is 12.5 Å². The van der Waals surface area contributed by atoms with Crippen LogP contribution in [0.4, 0.5) is 0 Å². The Labute approximate surface area is 129 Å². The van der Waals surface area contributed by atoms with Crippen LogP contribution in [0.3, 0.4) is 0 Å². The van der Waals surface area contributed by atoms with Crippen molar-refractivity contribution in [2.75, 3.05) is 14.1 Å². The van der Waals surface area contributed by atoms with Gasteiger partial charge in [0.2, 0.25) is 0 Å². The molecule has 2 unspecified atom stereocenters. The van der Waals surface area contributed by atoms with Gasteiger partial charge in [-0.15, -0.1) is 0 Å². The maximum Gasteiger partial charge on any atom is 0.110 e. The van der Waals surface area contributed by atoms with Gasteiger partial charge in [0.05, 0.1) is 0 Å². The van der Waals surface area contributed by atoms with Crippen LogP contribution in [0.2, 0.25) is 0 Å². The van der Waals surface area contributed by atoms with Crippen molar-refractivity contribution in [1.29, 1.82) is 0 Å². The SMILES string of the molecule is CC(OC(c1ccccc1)c1ccc(Br)cc1)N(C)C. The van der Waals surface area contributed by atoms with Crippen LogP contribution in [0, 0.1) is 0 Å². The fourth-order valence-electron chi connectivity index (χ4n) is 1.93. The Hall–Kier alpha value is -1.16. The molecular formula is C17H20BrNO. The standard InChI is InChI=1S/C17H20BrNO/c1-13(19(2)3)20-17(14-7-5-4-6-8-14)15-9-11-16(18)12-10-15/h4-13,17H,1-3H3. The highest BCUT2D eigenvalue weighted by molar-refractivity contribution is 9.10. The zero-order valence-electron chi connectivity index (χ0n) is 12.1. The number of nitrogens with zero attached hydrogens (tertiary/aromatic N) is 1. The minimum atomic E-state index is -0.0540. The third-order valence-corrected chi connectivity index (χ3v) is 3.86. The molecule has 0 radical (unpaired) electrons. The molecule has 0 bridgehead atoms. The van der Waals surface area contributed by atoms with E-state index >= 15 is 0 Å². The van der Waals surface area contributed by atoms with Crippen LogP contribution >= 0.6 is 15.9 Å². The molecule has 0 spiro atoms. The molecule has 0 heterocycles. The molecule has 0 amide bonds. The lowest BCUT2D eigenvalue weighted by molar-refractivity contribution is -0.0565. The van der Waals surface area contributed by atoms with Crippen molar-refractivity contribution in [2.24, 2.45) is 0 Å². The smallest absolute Gasteiger partial charge is 0.110 e. The highest BCUT2D eigenvalue weighted by Crippen LogP contribution is 2.28. The summed E-state index contributed by atoms with van der Waals surface area (Å²) < 4.78 is 7.31. The quantitative estimate of drug-likeness (QED) is 0.749. The minimum Gasteiger partial charge on any atom is -0.351 e. The summed E-state index contributed by atoms with van der Waals surface area (Å²) in [7, 11) is 4.04. The van der Waals surface area contributed by atoms with E-state index in [4.69, 9.17) is 4.74 Å². The Morgan fingerprint density at radius 2 is 1.45 bits per heavy atom. The van der Waals surface area contributed by atoms with E-state index in [2.05, 4.69) is 64.2 Å². The van der Waals surface area contributed by atoms with Crippen molar-refractivity contribution in [3.05, 3.63) is 70.2 Å². The van der Waals surface area contributed by atoms with E-state index in [0.717, 1.165) is 10.0 Å². The zero-order valence-corrected chi connectivity index (χ0v) is 13.7. The molecular weight excluding hydrogens is 314 g/mol. The number of halogens is 1. The molecule has 0 saturated heterocycles. The van der Waals surface area contributed by atoms with E-state index in [1.807, 2.05) is 32.3 Å². The maximum absolute atomic E-state index is 6.23. The Morgan fingerprint density at radius 1 is 0.900 bits per heavy atom. The predicted octanol–water partition coefficient (Wildman–Crippen LogP) is 4.46. The van der Waals surface area contributed by atoms with Gasteiger partial charge in [0.1, 0.15) is 12.3 Å². The molecule has 2 aromatic carbocycles. The predicted molar refractivity (Wildman–Crippen MR) is 86.7 cm³/mol. The van der Waals surface area contributed by atoms with Crippen molar-refractivity contribution >= 4 is 15.9 Å². The molecule has 2 aromatic rings. The molecule has 2 nitrogen and oxygen atoms in total. The summed E-state index contributed by atoms with van der Waals surface area (Å²) in [5.74, 6) is 0. The fraction of sp³-hybridized carbons (Fsp3) is 0.294. The molecule has 0 saturated carbocycles. The zero-order chi connectivity index (χ0) is 14.5. The Balaban J connectivity index is 2.31. The number of hydrogen-bond acceptors (Lipinski definition) is 2. The van der Waals surface area contributed by atoms with Gasteiger partial charge in [-0.05, 0) is 44.3 Å². The van der Waals surface area contributed by atoms with Crippen molar-refractivity contribution in [1.82, 2.24) is 4.90 Å². The van der Waals surface area contributed by atoms with Crippen LogP contribution in [-0.2, 0) is 4.74 Å². The van der Waals surface area contributed by atoms with Gasteiger partial charge in [0.25, 0.3) is 0 Å². The molecule has 0 aliphatic heterocycles. The summed E-state index contributed by atoms with van der Waals surface area (Å²) in [5, 5.41) is 0. The molecule has 2 rings (SSSR count). The minimum absolute atomic E-state index is 0.0452. The van der Waals surface area contributed by atoms with E-state index in [1.165, 1.54) is 5.56 Å². The second-order valence-corrected chi connectivity index (χ2v) is 5.96. The van der Waals surface area contributed by atoms with E-state index < -0.39 is 0 Å². The Morgan fingerprint density at radius 3 is 2.00 bits per heavy atom. The normalized spacial score (nSPS) is 14.2. The van der Waals surface area contributed by atoms with Crippen molar-refractivity contribution in [3.63, 3.8) is 0 Å². The highest BCUT2D eigenvalue weighted by Gasteiger charge is 2.18. The van der Waals surface area contributed by atoms with Crippen molar-refractivity contribution in [2.45, 2.75) is 19.3 Å². The van der Waals surface area contributed by atoms with Crippen LogP contribution in [0.15, 0.2) is 59.1 Å². The van der Waals surface area contributed by atoms with Crippen LogP contribution in [0.25, 0.3) is 0 Å². The molecule has 2 atom stereocenters. The number of ether oxygens (including phenoxy) is 1. The summed E-state index contributed by atoms with van der Waals surface area (Å²) in [6.07, 6.45) is -0.00875. The van der Waals surface area contributed by atoms with Crippen LogP contribution in [0.1, 0.15) is 24.2 Å². The number of rotatable bonds is 5. The molecule has 106 valence electrons. The average Bonchev–Trinajstić information content (AvgIpc) is 2.46. The second-order valence-electron chi connectivity index (χ2n) is 5.04. The molecule has 3 heteroatoms. The number of hydrogen-bond donors (Lipinski definition) is 0. The summed E-state index contributed by atoms with van der Waals surface area (Å²) in [6, 6.07) is 18.6. The molecule has 0 aromatic heterocycles. The lowest BCUT2D eigenvalue weighted by Crippen LogP contribution is -2.29. The first-order chi connectivity index (χ1) is 9.58. The lowest BCUT2D eigenvalue weighted by Gasteiger charge is -2.27.